The minimum absolute atomic E-state index is 0.107. The Bertz CT molecular complexity index is 1340. The molecule has 11 heteroatoms. The Kier molecular flexibility index (Phi) is 6.98. The summed E-state index contributed by atoms with van der Waals surface area (Å²) in [6.45, 7) is 4.73. The monoisotopic (exact) mass is 614 g/mol. The molecular weight excluding hydrogens is 568 g/mol. The minimum atomic E-state index is -1.75. The number of piperidine rings is 1. The molecule has 7 rings (SSSR count). The van der Waals surface area contributed by atoms with Crippen LogP contribution < -0.4 is 5.73 Å². The van der Waals surface area contributed by atoms with Crippen LogP contribution in [0.2, 0.25) is 0 Å². The third-order valence-corrected chi connectivity index (χ3v) is 13.0. The SMILES string of the molecule is CCN1C[C@]2(COC(=O)c3ccccc3N)CC[C@@H](OC)[C@@]34[C@@H]5C[C@H]6[C@H](OC(C)=O)[C@@H]5[C@](O)(C[C@@H]6OC)[C@@](O)([C@@H](OC)[C@H]23)[C@@H]14. The molecule has 1 aromatic rings. The Hall–Kier alpha value is -2.28. The van der Waals surface area contributed by atoms with Gasteiger partial charge in [-0.15, -0.1) is 0 Å². The molecule has 4 N–H and O–H groups in total. The molecule has 0 radical (unpaired) electrons. The fourth-order valence-electron chi connectivity index (χ4n) is 12.0. The Morgan fingerprint density at radius 2 is 1.86 bits per heavy atom. The molecule has 1 spiro atoms. The fourth-order valence-corrected chi connectivity index (χ4v) is 12.0. The molecule has 1 saturated heterocycles. The third-order valence-electron chi connectivity index (χ3n) is 13.0. The van der Waals surface area contributed by atoms with Crippen LogP contribution in [0.1, 0.15) is 49.9 Å². The Morgan fingerprint density at radius 3 is 2.50 bits per heavy atom. The second kappa shape index (κ2) is 10.1. The van der Waals surface area contributed by atoms with E-state index in [1.54, 1.807) is 45.6 Å². The maximum atomic E-state index is 13.4. The Labute approximate surface area is 258 Å². The number of likely N-dealkylation sites (tertiary alicyclic amines) is 1. The number of methoxy groups -OCH3 is 3. The van der Waals surface area contributed by atoms with Crippen LogP contribution in [0.15, 0.2) is 24.3 Å². The summed E-state index contributed by atoms with van der Waals surface area (Å²) < 4.78 is 30.9. The zero-order valence-corrected chi connectivity index (χ0v) is 26.2. The van der Waals surface area contributed by atoms with Gasteiger partial charge in [0.15, 0.2) is 0 Å². The van der Waals surface area contributed by atoms with Crippen molar-refractivity contribution in [3.05, 3.63) is 29.8 Å². The second-order valence-corrected chi connectivity index (χ2v) is 14.2. The van der Waals surface area contributed by atoms with Crippen molar-refractivity contribution in [2.45, 2.75) is 81.2 Å². The number of likely N-dealkylation sites (N-methyl/N-ethyl adjacent to an activating group) is 1. The second-order valence-electron chi connectivity index (χ2n) is 14.2. The first-order chi connectivity index (χ1) is 21.0. The minimum Gasteiger partial charge on any atom is -0.462 e. The highest BCUT2D eigenvalue weighted by Crippen LogP contribution is 2.80. The first kappa shape index (κ1) is 30.4. The van der Waals surface area contributed by atoms with E-state index < -0.39 is 64.2 Å². The number of carbonyl (C=O) groups excluding carboxylic acids is 2. The first-order valence-corrected chi connectivity index (χ1v) is 16.0. The fraction of sp³-hybridized carbons (Fsp3) is 0.758. The normalized spacial score (nSPS) is 48.2. The van der Waals surface area contributed by atoms with E-state index in [0.717, 1.165) is 0 Å². The first-order valence-electron chi connectivity index (χ1n) is 16.0. The molecular formula is C33H46N2O9. The van der Waals surface area contributed by atoms with Crippen molar-refractivity contribution in [3.63, 3.8) is 0 Å². The highest BCUT2D eigenvalue weighted by molar-refractivity contribution is 5.95. The quantitative estimate of drug-likeness (QED) is 0.290. The molecule has 242 valence electrons. The van der Waals surface area contributed by atoms with Crippen molar-refractivity contribution in [3.8, 4) is 0 Å². The number of fused-ring (bicyclic) bond motifs is 2. The summed E-state index contributed by atoms with van der Waals surface area (Å²) in [5, 5.41) is 26.4. The Balaban J connectivity index is 1.41. The smallest absolute Gasteiger partial charge is 0.340 e. The summed E-state index contributed by atoms with van der Waals surface area (Å²) in [5.74, 6) is -2.07. The number of ether oxygens (including phenoxy) is 5. The van der Waals surface area contributed by atoms with Crippen LogP contribution in [0, 0.1) is 34.5 Å². The average molecular weight is 615 g/mol. The van der Waals surface area contributed by atoms with Crippen LogP contribution >= 0.6 is 0 Å². The van der Waals surface area contributed by atoms with Crippen LogP contribution in [-0.4, -0.2) is 110 Å². The number of rotatable bonds is 8. The number of hydrogen-bond donors (Lipinski definition) is 3. The van der Waals surface area contributed by atoms with Crippen molar-refractivity contribution < 1.29 is 43.5 Å². The number of nitrogens with two attached hydrogens (primary N) is 1. The van der Waals surface area contributed by atoms with Crippen LogP contribution in [0.25, 0.3) is 0 Å². The maximum absolute atomic E-state index is 13.4. The molecule has 11 nitrogen and oxygen atoms in total. The van der Waals surface area contributed by atoms with Gasteiger partial charge in [0.05, 0.1) is 36.5 Å². The lowest BCUT2D eigenvalue weighted by Crippen LogP contribution is -2.82. The number of anilines is 1. The number of esters is 2. The molecule has 1 aliphatic heterocycles. The number of aliphatic hydroxyl groups is 2. The van der Waals surface area contributed by atoms with E-state index in [2.05, 4.69) is 11.8 Å². The van der Waals surface area contributed by atoms with Crippen LogP contribution in [-0.2, 0) is 28.5 Å². The van der Waals surface area contributed by atoms with Gasteiger partial charge >= 0.3 is 11.9 Å². The number of carbonyl (C=O) groups is 2. The zero-order chi connectivity index (χ0) is 31.4. The van der Waals surface area contributed by atoms with Crippen molar-refractivity contribution in [1.29, 1.82) is 0 Å². The van der Waals surface area contributed by atoms with E-state index >= 15 is 0 Å². The number of nitrogen functional groups attached to an aromatic ring is 1. The van der Waals surface area contributed by atoms with Crippen LogP contribution in [0.4, 0.5) is 5.69 Å². The molecule has 5 saturated carbocycles. The summed E-state index contributed by atoms with van der Waals surface area (Å²) in [7, 11) is 4.93. The van der Waals surface area contributed by atoms with Crippen LogP contribution in [0.3, 0.4) is 0 Å². The summed E-state index contributed by atoms with van der Waals surface area (Å²) in [6, 6.07) is 6.38. The van der Waals surface area contributed by atoms with Gasteiger partial charge < -0.3 is 39.6 Å². The van der Waals surface area contributed by atoms with Gasteiger partial charge in [0.2, 0.25) is 0 Å². The van der Waals surface area contributed by atoms with Gasteiger partial charge in [-0.05, 0) is 43.9 Å². The molecule has 1 aromatic carbocycles. The standard InChI is InChI=1S/C33H46N2O9/c1-6-35-15-30(16-43-28(37)18-9-7-8-10-21(18)34)12-11-23(41-4)32-20-13-19-22(40-3)14-31(38,24(20)25(19)44-17(2)36)33(39,29(32)35)27(42-5)26(30)32/h7-10,19-20,22-27,29,38-39H,6,11-16,34H2,1-5H3/t19-,20-,22+,23-,24-,25+,26-,27+,29+,30+,31-,32+,33-/m1/s1. The van der Waals surface area contributed by atoms with Gasteiger partial charge in [-0.3, -0.25) is 9.69 Å². The molecule has 0 unspecified atom stereocenters. The van der Waals surface area contributed by atoms with E-state index in [1.807, 2.05) is 0 Å². The zero-order valence-electron chi connectivity index (χ0n) is 26.2. The van der Waals surface area contributed by atoms with Crippen molar-refractivity contribution in [2.75, 3.05) is 46.8 Å². The number of hydrogen-bond acceptors (Lipinski definition) is 11. The molecule has 7 bridgehead atoms. The average Bonchev–Trinajstić information content (AvgIpc) is 3.39. The lowest BCUT2D eigenvalue weighted by Gasteiger charge is -2.70. The van der Waals surface area contributed by atoms with E-state index in [-0.39, 0.29) is 36.9 Å². The van der Waals surface area contributed by atoms with E-state index in [9.17, 15) is 19.8 Å². The molecule has 0 amide bonds. The maximum Gasteiger partial charge on any atom is 0.340 e. The molecule has 6 fully saturated rings. The highest BCUT2D eigenvalue weighted by Gasteiger charge is 2.92. The van der Waals surface area contributed by atoms with Gasteiger partial charge in [0.25, 0.3) is 0 Å². The summed E-state index contributed by atoms with van der Waals surface area (Å²) in [6.07, 6.45) is 0.126. The topological polar surface area (TPSA) is 150 Å². The van der Waals surface area contributed by atoms with E-state index in [0.29, 0.717) is 43.6 Å². The van der Waals surface area contributed by atoms with Gasteiger partial charge in [-0.2, -0.15) is 0 Å². The molecule has 44 heavy (non-hydrogen) atoms. The third kappa shape index (κ3) is 3.43. The summed E-state index contributed by atoms with van der Waals surface area (Å²) >= 11 is 0. The van der Waals surface area contributed by atoms with E-state index in [4.69, 9.17) is 29.4 Å². The van der Waals surface area contributed by atoms with Gasteiger partial charge in [0, 0.05) is 75.5 Å². The van der Waals surface area contributed by atoms with Gasteiger partial charge in [0.1, 0.15) is 17.3 Å². The summed E-state index contributed by atoms with van der Waals surface area (Å²) in [4.78, 5) is 28.2. The molecule has 1 heterocycles. The number of para-hydroxylation sites is 1. The molecule has 0 aromatic heterocycles. The summed E-state index contributed by atoms with van der Waals surface area (Å²) in [5.41, 5.74) is 2.10. The Morgan fingerprint density at radius 1 is 1.11 bits per heavy atom. The van der Waals surface area contributed by atoms with Crippen molar-refractivity contribution in [2.24, 2.45) is 34.5 Å². The van der Waals surface area contributed by atoms with Gasteiger partial charge in [-0.25, -0.2) is 4.79 Å². The van der Waals surface area contributed by atoms with Gasteiger partial charge in [-0.1, -0.05) is 19.1 Å². The molecule has 13 atom stereocenters. The highest BCUT2D eigenvalue weighted by atomic mass is 16.6. The molecule has 5 aliphatic carbocycles. The molecule has 6 aliphatic rings. The lowest BCUT2D eigenvalue weighted by atomic mass is 9.42. The predicted molar refractivity (Wildman–Crippen MR) is 157 cm³/mol. The predicted octanol–water partition coefficient (Wildman–Crippen LogP) is 1.63. The number of nitrogens with zero attached hydrogens (tertiary/aromatic N) is 1. The van der Waals surface area contributed by atoms with Crippen molar-refractivity contribution in [1.82, 2.24) is 4.90 Å². The largest absolute Gasteiger partial charge is 0.462 e. The number of benzene rings is 1. The van der Waals surface area contributed by atoms with Crippen molar-refractivity contribution >= 4 is 17.6 Å². The van der Waals surface area contributed by atoms with Crippen LogP contribution in [0.5, 0.6) is 0 Å². The van der Waals surface area contributed by atoms with E-state index in [1.165, 1.54) is 6.92 Å². The lowest BCUT2D eigenvalue weighted by molar-refractivity contribution is -0.319.